The molecule has 3 amide bonds. The van der Waals surface area contributed by atoms with Crippen molar-refractivity contribution in [2.45, 2.75) is 13.0 Å². The van der Waals surface area contributed by atoms with Crippen molar-refractivity contribution in [3.63, 3.8) is 0 Å². The van der Waals surface area contributed by atoms with Crippen molar-refractivity contribution in [1.29, 1.82) is 0 Å². The van der Waals surface area contributed by atoms with Crippen LogP contribution in [-0.4, -0.2) is 30.2 Å². The summed E-state index contributed by atoms with van der Waals surface area (Å²) in [4.78, 5) is 29.6. The molecule has 0 spiro atoms. The smallest absolute Gasteiger partial charge is 0.324 e. The predicted molar refractivity (Wildman–Crippen MR) is 93.8 cm³/mol. The number of anilines is 2. The molecular weight excluding hydrogens is 349 g/mol. The van der Waals surface area contributed by atoms with Gasteiger partial charge in [-0.25, -0.2) is 9.18 Å². The van der Waals surface area contributed by atoms with E-state index in [1.807, 2.05) is 0 Å². The van der Waals surface area contributed by atoms with Crippen molar-refractivity contribution in [2.75, 3.05) is 17.7 Å². The third-order valence-electron chi connectivity index (χ3n) is 3.34. The van der Waals surface area contributed by atoms with E-state index < -0.39 is 23.8 Å². The molecule has 0 aliphatic carbocycles. The van der Waals surface area contributed by atoms with Gasteiger partial charge in [0.25, 0.3) is 0 Å². The van der Waals surface area contributed by atoms with E-state index >= 15 is 0 Å². The third-order valence-corrected chi connectivity index (χ3v) is 3.59. The first-order chi connectivity index (χ1) is 11.9. The fourth-order valence-electron chi connectivity index (χ4n) is 2.02. The molecule has 0 saturated carbocycles. The summed E-state index contributed by atoms with van der Waals surface area (Å²) in [6.07, 6.45) is 0. The lowest BCUT2D eigenvalue weighted by atomic mass is 10.2. The standard InChI is InChI=1S/C17H17ClFN3O3/c1-11(16(23)20-14-9-5-13(19)6-10-14)22(25-2)17(24)21-15-7-3-12(18)4-8-15/h3-11H,1-2H3,(H,20,23)(H,21,24). The van der Waals surface area contributed by atoms with Crippen molar-refractivity contribution < 1.29 is 18.8 Å². The molecule has 2 N–H and O–H groups in total. The number of nitrogens with zero attached hydrogens (tertiary/aromatic N) is 1. The topological polar surface area (TPSA) is 70.7 Å². The van der Waals surface area contributed by atoms with Crippen LogP contribution in [0.1, 0.15) is 6.92 Å². The minimum atomic E-state index is -0.928. The van der Waals surface area contributed by atoms with E-state index in [9.17, 15) is 14.0 Å². The van der Waals surface area contributed by atoms with Gasteiger partial charge in [-0.2, -0.15) is 5.06 Å². The van der Waals surface area contributed by atoms with E-state index in [4.69, 9.17) is 16.4 Å². The molecule has 25 heavy (non-hydrogen) atoms. The Morgan fingerprint density at radius 3 is 2.12 bits per heavy atom. The van der Waals surface area contributed by atoms with Crippen molar-refractivity contribution >= 4 is 34.9 Å². The molecule has 0 aliphatic heterocycles. The highest BCUT2D eigenvalue weighted by Gasteiger charge is 2.26. The number of hydrogen-bond donors (Lipinski definition) is 2. The number of amides is 3. The first kappa shape index (κ1) is 18.7. The number of hydroxylamine groups is 2. The Balaban J connectivity index is 2.01. The number of rotatable bonds is 5. The van der Waals surface area contributed by atoms with Crippen LogP contribution in [0, 0.1) is 5.82 Å². The van der Waals surface area contributed by atoms with Gasteiger partial charge in [-0.3, -0.25) is 9.63 Å². The Labute approximate surface area is 149 Å². The molecule has 0 bridgehead atoms. The highest BCUT2D eigenvalue weighted by Crippen LogP contribution is 2.15. The molecule has 1 unspecified atom stereocenters. The van der Waals surface area contributed by atoms with Crippen LogP contribution >= 0.6 is 11.6 Å². The van der Waals surface area contributed by atoms with Gasteiger partial charge in [0.1, 0.15) is 11.9 Å². The zero-order chi connectivity index (χ0) is 18.4. The van der Waals surface area contributed by atoms with E-state index in [2.05, 4.69) is 10.6 Å². The van der Waals surface area contributed by atoms with E-state index in [1.165, 1.54) is 38.3 Å². The third kappa shape index (κ3) is 5.17. The predicted octanol–water partition coefficient (Wildman–Crippen LogP) is 3.90. The lowest BCUT2D eigenvalue weighted by Crippen LogP contribution is -2.46. The Hall–Kier alpha value is -2.64. The van der Waals surface area contributed by atoms with Crippen LogP contribution in [-0.2, 0) is 9.63 Å². The van der Waals surface area contributed by atoms with Crippen LogP contribution in [0.5, 0.6) is 0 Å². The number of carbonyl (C=O) groups excluding carboxylic acids is 2. The molecule has 2 aromatic rings. The highest BCUT2D eigenvalue weighted by molar-refractivity contribution is 6.30. The second-order valence-electron chi connectivity index (χ2n) is 5.12. The molecule has 0 radical (unpaired) electrons. The quantitative estimate of drug-likeness (QED) is 0.789. The maximum Gasteiger partial charge on any atom is 0.346 e. The number of carbonyl (C=O) groups is 2. The first-order valence-corrected chi connectivity index (χ1v) is 7.75. The average molecular weight is 366 g/mol. The average Bonchev–Trinajstić information content (AvgIpc) is 2.59. The summed E-state index contributed by atoms with van der Waals surface area (Å²) in [5.74, 6) is -0.897. The number of hydrogen-bond acceptors (Lipinski definition) is 3. The SMILES string of the molecule is CON(C(=O)Nc1ccc(Cl)cc1)C(C)C(=O)Nc1ccc(F)cc1. The Bertz CT molecular complexity index is 738. The fourth-order valence-corrected chi connectivity index (χ4v) is 2.14. The van der Waals surface area contributed by atoms with Gasteiger partial charge in [-0.15, -0.1) is 0 Å². The number of nitrogens with one attached hydrogen (secondary N) is 2. The van der Waals surface area contributed by atoms with Gasteiger partial charge in [0, 0.05) is 16.4 Å². The molecule has 132 valence electrons. The molecule has 0 aliphatic rings. The summed E-state index contributed by atoms with van der Waals surface area (Å²) in [6, 6.07) is 10.2. The number of halogens is 2. The second-order valence-corrected chi connectivity index (χ2v) is 5.55. The first-order valence-electron chi connectivity index (χ1n) is 7.37. The maximum absolute atomic E-state index is 12.9. The maximum atomic E-state index is 12.9. The minimum absolute atomic E-state index is 0.410. The van der Waals surface area contributed by atoms with Gasteiger partial charge in [-0.05, 0) is 55.5 Å². The van der Waals surface area contributed by atoms with Gasteiger partial charge in [-0.1, -0.05) is 11.6 Å². The molecule has 0 heterocycles. The summed E-state index contributed by atoms with van der Waals surface area (Å²) < 4.78 is 12.9. The van der Waals surface area contributed by atoms with E-state index in [0.29, 0.717) is 16.4 Å². The molecule has 8 heteroatoms. The van der Waals surface area contributed by atoms with E-state index in [1.54, 1.807) is 24.3 Å². The van der Waals surface area contributed by atoms with Crippen LogP contribution in [0.4, 0.5) is 20.6 Å². The summed E-state index contributed by atoms with van der Waals surface area (Å²) in [5.41, 5.74) is 0.912. The molecule has 0 fully saturated rings. The van der Waals surface area contributed by atoms with Gasteiger partial charge in [0.15, 0.2) is 0 Å². The van der Waals surface area contributed by atoms with Gasteiger partial charge < -0.3 is 10.6 Å². The lowest BCUT2D eigenvalue weighted by molar-refractivity contribution is -0.141. The summed E-state index contributed by atoms with van der Waals surface area (Å²) in [7, 11) is 1.28. The van der Waals surface area contributed by atoms with E-state index in [0.717, 1.165) is 5.06 Å². The normalized spacial score (nSPS) is 11.5. The molecule has 6 nitrogen and oxygen atoms in total. The van der Waals surface area contributed by atoms with Crippen molar-refractivity contribution in [1.82, 2.24) is 5.06 Å². The molecule has 2 aromatic carbocycles. The zero-order valence-corrected chi connectivity index (χ0v) is 14.4. The van der Waals surface area contributed by atoms with Gasteiger partial charge >= 0.3 is 6.03 Å². The van der Waals surface area contributed by atoms with Crippen molar-refractivity contribution in [2.24, 2.45) is 0 Å². The van der Waals surface area contributed by atoms with Gasteiger partial charge in [0.2, 0.25) is 5.91 Å². The largest absolute Gasteiger partial charge is 0.346 e. The van der Waals surface area contributed by atoms with Crippen LogP contribution in [0.25, 0.3) is 0 Å². The molecule has 2 rings (SSSR count). The minimum Gasteiger partial charge on any atom is -0.324 e. The Kier molecular flexibility index (Phi) is 6.32. The van der Waals surface area contributed by atoms with Crippen LogP contribution in [0.15, 0.2) is 48.5 Å². The van der Waals surface area contributed by atoms with E-state index in [-0.39, 0.29) is 0 Å². The molecular formula is C17H17ClFN3O3. The van der Waals surface area contributed by atoms with Crippen molar-refractivity contribution in [3.8, 4) is 0 Å². The van der Waals surface area contributed by atoms with Crippen LogP contribution < -0.4 is 10.6 Å². The van der Waals surface area contributed by atoms with Crippen LogP contribution in [0.3, 0.4) is 0 Å². The second kappa shape index (κ2) is 8.46. The highest BCUT2D eigenvalue weighted by atomic mass is 35.5. The summed E-state index contributed by atoms with van der Waals surface area (Å²) in [6.45, 7) is 1.50. The molecule has 0 saturated heterocycles. The molecule has 0 aromatic heterocycles. The van der Waals surface area contributed by atoms with Crippen molar-refractivity contribution in [3.05, 3.63) is 59.4 Å². The monoisotopic (exact) mass is 365 g/mol. The fraction of sp³-hybridized carbons (Fsp3) is 0.176. The number of urea groups is 1. The Morgan fingerprint density at radius 2 is 1.56 bits per heavy atom. The van der Waals surface area contributed by atoms with Gasteiger partial charge in [0.05, 0.1) is 7.11 Å². The number of benzene rings is 2. The summed E-state index contributed by atoms with van der Waals surface area (Å²) >= 11 is 5.79. The summed E-state index contributed by atoms with van der Waals surface area (Å²) in [5, 5.41) is 6.62. The lowest BCUT2D eigenvalue weighted by Gasteiger charge is -2.25. The Morgan fingerprint density at radius 1 is 1.04 bits per heavy atom. The van der Waals surface area contributed by atoms with Crippen LogP contribution in [0.2, 0.25) is 5.02 Å². The zero-order valence-electron chi connectivity index (χ0n) is 13.6. The molecule has 1 atom stereocenters.